The molecular formula is C20H19NO4S2. The van der Waals surface area contributed by atoms with Gasteiger partial charge in [-0.3, -0.25) is 0 Å². The molecule has 0 bridgehead atoms. The van der Waals surface area contributed by atoms with Gasteiger partial charge in [0.05, 0.1) is 4.90 Å². The van der Waals surface area contributed by atoms with Crippen LogP contribution in [-0.4, -0.2) is 19.5 Å². The molecule has 5 nitrogen and oxygen atoms in total. The second-order valence-electron chi connectivity index (χ2n) is 6.19. The summed E-state index contributed by atoms with van der Waals surface area (Å²) in [5.74, 6) is -1.01. The van der Waals surface area contributed by atoms with Crippen LogP contribution in [0, 0.1) is 6.92 Å². The van der Waals surface area contributed by atoms with Crippen LogP contribution in [0.3, 0.4) is 0 Å². The quantitative estimate of drug-likeness (QED) is 0.666. The summed E-state index contributed by atoms with van der Waals surface area (Å²) in [5, 5.41) is 14.8. The Morgan fingerprint density at radius 3 is 2.07 bits per heavy atom. The monoisotopic (exact) mass is 401 g/mol. The van der Waals surface area contributed by atoms with Crippen LogP contribution in [0.15, 0.2) is 53.4 Å². The highest BCUT2D eigenvalue weighted by atomic mass is 32.2. The van der Waals surface area contributed by atoms with Crippen molar-refractivity contribution < 1.29 is 18.3 Å². The van der Waals surface area contributed by atoms with Gasteiger partial charge < -0.3 is 5.11 Å². The van der Waals surface area contributed by atoms with Gasteiger partial charge in [-0.05, 0) is 47.7 Å². The van der Waals surface area contributed by atoms with Gasteiger partial charge in [-0.1, -0.05) is 43.3 Å². The van der Waals surface area contributed by atoms with Crippen LogP contribution in [0.4, 0.5) is 0 Å². The molecule has 1 heterocycles. The molecule has 0 radical (unpaired) electrons. The Kier molecular flexibility index (Phi) is 5.19. The normalized spacial score (nSPS) is 11.5. The Morgan fingerprint density at radius 2 is 1.59 bits per heavy atom. The molecular weight excluding hydrogens is 382 g/mol. The number of thiophene rings is 1. The molecule has 27 heavy (non-hydrogen) atoms. The first-order valence-electron chi connectivity index (χ1n) is 8.31. The minimum Gasteiger partial charge on any atom is -0.477 e. The number of aryl methyl sites for hydroxylation is 1. The molecule has 3 N–H and O–H groups in total. The van der Waals surface area contributed by atoms with Gasteiger partial charge in [0.25, 0.3) is 0 Å². The highest BCUT2D eigenvalue weighted by molar-refractivity contribution is 7.89. The largest absolute Gasteiger partial charge is 0.477 e. The molecule has 0 atom stereocenters. The molecule has 1 aromatic heterocycles. The highest BCUT2D eigenvalue weighted by Gasteiger charge is 2.22. The zero-order valence-electron chi connectivity index (χ0n) is 14.9. The topological polar surface area (TPSA) is 97.5 Å². The van der Waals surface area contributed by atoms with Crippen molar-refractivity contribution in [2.24, 2.45) is 5.14 Å². The fourth-order valence-electron chi connectivity index (χ4n) is 2.99. The predicted octanol–water partition coefficient (Wildman–Crippen LogP) is 4.30. The summed E-state index contributed by atoms with van der Waals surface area (Å²) in [5.41, 5.74) is 4.27. The third-order valence-electron chi connectivity index (χ3n) is 4.44. The van der Waals surface area contributed by atoms with E-state index in [1.54, 1.807) is 12.1 Å². The molecule has 140 valence electrons. The molecule has 2 aromatic carbocycles. The number of carbonyl (C=O) groups is 1. The lowest BCUT2D eigenvalue weighted by molar-refractivity contribution is 0.0703. The summed E-state index contributed by atoms with van der Waals surface area (Å²) in [6.45, 7) is 3.96. The van der Waals surface area contributed by atoms with Gasteiger partial charge in [0.1, 0.15) is 4.88 Å². The Hall–Kier alpha value is -2.48. The molecule has 0 saturated heterocycles. The number of carboxylic acids is 1. The molecule has 0 amide bonds. The van der Waals surface area contributed by atoms with Gasteiger partial charge in [-0.2, -0.15) is 0 Å². The summed E-state index contributed by atoms with van der Waals surface area (Å²) < 4.78 is 22.9. The van der Waals surface area contributed by atoms with Crippen molar-refractivity contribution in [1.29, 1.82) is 0 Å². The van der Waals surface area contributed by atoms with Gasteiger partial charge in [0.15, 0.2) is 0 Å². The summed E-state index contributed by atoms with van der Waals surface area (Å²) >= 11 is 1.22. The second kappa shape index (κ2) is 7.26. The van der Waals surface area contributed by atoms with Crippen molar-refractivity contribution in [2.45, 2.75) is 25.2 Å². The number of hydrogen-bond acceptors (Lipinski definition) is 4. The smallest absolute Gasteiger partial charge is 0.346 e. The molecule has 0 aliphatic heterocycles. The van der Waals surface area contributed by atoms with E-state index < -0.39 is 16.0 Å². The lowest BCUT2D eigenvalue weighted by atomic mass is 9.98. The lowest BCUT2D eigenvalue weighted by Crippen LogP contribution is -2.11. The van der Waals surface area contributed by atoms with Crippen LogP contribution in [0.2, 0.25) is 0 Å². The van der Waals surface area contributed by atoms with E-state index in [2.05, 4.69) is 6.92 Å². The maximum atomic E-state index is 11.8. The van der Waals surface area contributed by atoms with Gasteiger partial charge in [-0.15, -0.1) is 11.3 Å². The van der Waals surface area contributed by atoms with E-state index in [-0.39, 0.29) is 9.77 Å². The van der Waals surface area contributed by atoms with Crippen LogP contribution in [-0.2, 0) is 16.4 Å². The first-order valence-corrected chi connectivity index (χ1v) is 10.7. The van der Waals surface area contributed by atoms with E-state index in [0.717, 1.165) is 22.4 Å². The van der Waals surface area contributed by atoms with Gasteiger partial charge in [0.2, 0.25) is 10.0 Å². The molecule has 3 aromatic rings. The zero-order valence-corrected chi connectivity index (χ0v) is 16.5. The fraction of sp³-hybridized carbons (Fsp3) is 0.150. The predicted molar refractivity (Wildman–Crippen MR) is 108 cm³/mol. The molecule has 3 rings (SSSR count). The Balaban J connectivity index is 2.15. The summed E-state index contributed by atoms with van der Waals surface area (Å²) in [6, 6.07) is 14.0. The van der Waals surface area contributed by atoms with Crippen molar-refractivity contribution in [3.8, 4) is 21.6 Å². The Labute approximate surface area is 162 Å². The van der Waals surface area contributed by atoms with Gasteiger partial charge in [0, 0.05) is 10.4 Å². The van der Waals surface area contributed by atoms with E-state index in [0.29, 0.717) is 11.1 Å². The van der Waals surface area contributed by atoms with E-state index in [1.807, 2.05) is 31.2 Å². The van der Waals surface area contributed by atoms with Crippen molar-refractivity contribution in [2.75, 3.05) is 0 Å². The van der Waals surface area contributed by atoms with E-state index in [1.165, 1.54) is 29.0 Å². The lowest BCUT2D eigenvalue weighted by Gasteiger charge is -2.06. The maximum Gasteiger partial charge on any atom is 0.346 e. The number of rotatable bonds is 5. The Morgan fingerprint density at radius 1 is 1.04 bits per heavy atom. The summed E-state index contributed by atoms with van der Waals surface area (Å²) in [7, 11) is -3.80. The fourth-order valence-corrected chi connectivity index (χ4v) is 4.68. The third-order valence-corrected chi connectivity index (χ3v) is 6.70. The number of sulfonamides is 1. The molecule has 0 fully saturated rings. The molecule has 0 aliphatic carbocycles. The maximum absolute atomic E-state index is 11.8. The SMILES string of the molecule is CCc1ccc(-c2sc(C(=O)O)c(-c3ccc(S(N)(=O)=O)cc3)c2C)cc1. The minimum absolute atomic E-state index is 0.00798. The third kappa shape index (κ3) is 3.80. The van der Waals surface area contributed by atoms with E-state index >= 15 is 0 Å². The molecule has 0 unspecified atom stereocenters. The van der Waals surface area contributed by atoms with Crippen molar-refractivity contribution in [3.63, 3.8) is 0 Å². The van der Waals surface area contributed by atoms with Gasteiger partial charge in [-0.25, -0.2) is 18.4 Å². The number of hydrogen-bond donors (Lipinski definition) is 2. The molecule has 0 saturated carbocycles. The van der Waals surface area contributed by atoms with Crippen LogP contribution in [0.5, 0.6) is 0 Å². The van der Waals surface area contributed by atoms with Crippen molar-refractivity contribution >= 4 is 27.3 Å². The average Bonchev–Trinajstić information content (AvgIpc) is 2.99. The second-order valence-corrected chi connectivity index (χ2v) is 8.77. The molecule has 7 heteroatoms. The highest BCUT2D eigenvalue weighted by Crippen LogP contribution is 2.42. The average molecular weight is 402 g/mol. The van der Waals surface area contributed by atoms with Crippen LogP contribution >= 0.6 is 11.3 Å². The van der Waals surface area contributed by atoms with Crippen LogP contribution in [0.25, 0.3) is 21.6 Å². The number of nitrogens with two attached hydrogens (primary N) is 1. The minimum atomic E-state index is -3.80. The van der Waals surface area contributed by atoms with E-state index in [4.69, 9.17) is 5.14 Å². The zero-order chi connectivity index (χ0) is 19.8. The van der Waals surface area contributed by atoms with E-state index in [9.17, 15) is 18.3 Å². The molecule has 0 aliphatic rings. The van der Waals surface area contributed by atoms with Crippen molar-refractivity contribution in [1.82, 2.24) is 0 Å². The standard InChI is InChI=1S/C20H19NO4S2/c1-3-13-4-6-15(7-5-13)18-12(2)17(19(26-18)20(22)23)14-8-10-16(11-9-14)27(21,24)25/h4-11H,3H2,1-2H3,(H,22,23)(H2,21,24,25). The van der Waals surface area contributed by atoms with Crippen molar-refractivity contribution in [3.05, 3.63) is 64.5 Å². The number of benzene rings is 2. The summed E-state index contributed by atoms with van der Waals surface area (Å²) in [4.78, 5) is 12.9. The van der Waals surface area contributed by atoms with Gasteiger partial charge >= 0.3 is 5.97 Å². The summed E-state index contributed by atoms with van der Waals surface area (Å²) in [6.07, 6.45) is 0.936. The number of carboxylic acid groups (broad SMARTS) is 1. The molecule has 0 spiro atoms. The van der Waals surface area contributed by atoms with Crippen LogP contribution in [0.1, 0.15) is 27.7 Å². The number of primary sulfonamides is 1. The number of aromatic carboxylic acids is 1. The van der Waals surface area contributed by atoms with Crippen LogP contribution < -0.4 is 5.14 Å². The Bertz CT molecular complexity index is 1100. The first kappa shape index (κ1) is 19.3. The first-order chi connectivity index (χ1) is 12.7.